The van der Waals surface area contributed by atoms with Gasteiger partial charge in [0.1, 0.15) is 0 Å². The van der Waals surface area contributed by atoms with E-state index < -0.39 is 0 Å². The van der Waals surface area contributed by atoms with Gasteiger partial charge in [-0.1, -0.05) is 33.6 Å². The molecule has 1 atom stereocenters. The van der Waals surface area contributed by atoms with Crippen LogP contribution < -0.4 is 5.73 Å². The van der Waals surface area contributed by atoms with Gasteiger partial charge in [-0.05, 0) is 86.6 Å². The summed E-state index contributed by atoms with van der Waals surface area (Å²) in [5.74, 6) is 0. The highest BCUT2D eigenvalue weighted by molar-refractivity contribution is 9.10. The Morgan fingerprint density at radius 2 is 1.29 bits per heavy atom. The summed E-state index contributed by atoms with van der Waals surface area (Å²) >= 11 is 3.65. The maximum atomic E-state index is 6.65. The van der Waals surface area contributed by atoms with E-state index in [-0.39, 0.29) is 6.04 Å². The second-order valence-corrected chi connectivity index (χ2v) is 6.90. The maximum Gasteiger partial charge on any atom is 0.0568 e. The Morgan fingerprint density at radius 3 is 1.81 bits per heavy atom. The Labute approximate surface area is 136 Å². The zero-order valence-corrected chi connectivity index (χ0v) is 15.4. The standard InChI is InChI=1S/C19H24BrN/c1-10-7-8-17(20)16(9-10)19(21)18-14(5)12(3)11(2)13(4)15(18)6/h7-9,19H,21H2,1-6H3. The van der Waals surface area contributed by atoms with Crippen molar-refractivity contribution in [1.29, 1.82) is 0 Å². The fourth-order valence-electron chi connectivity index (χ4n) is 3.05. The zero-order valence-electron chi connectivity index (χ0n) is 13.8. The van der Waals surface area contributed by atoms with E-state index >= 15 is 0 Å². The van der Waals surface area contributed by atoms with E-state index in [1.165, 1.54) is 38.9 Å². The van der Waals surface area contributed by atoms with Crippen LogP contribution in [0.15, 0.2) is 22.7 Å². The van der Waals surface area contributed by atoms with Crippen LogP contribution in [-0.4, -0.2) is 0 Å². The van der Waals surface area contributed by atoms with Gasteiger partial charge in [-0.3, -0.25) is 0 Å². The van der Waals surface area contributed by atoms with Crippen LogP contribution >= 0.6 is 15.9 Å². The summed E-state index contributed by atoms with van der Waals surface area (Å²) in [5, 5.41) is 0. The van der Waals surface area contributed by atoms with E-state index in [2.05, 4.69) is 75.7 Å². The minimum absolute atomic E-state index is 0.0997. The van der Waals surface area contributed by atoms with Crippen molar-refractivity contribution >= 4 is 15.9 Å². The monoisotopic (exact) mass is 345 g/mol. The molecule has 0 heterocycles. The first-order valence-corrected chi connectivity index (χ1v) is 8.13. The molecule has 2 N–H and O–H groups in total. The third-order valence-corrected chi connectivity index (χ3v) is 5.58. The fraction of sp³-hybridized carbons (Fsp3) is 0.368. The normalized spacial score (nSPS) is 12.6. The first-order chi connectivity index (χ1) is 9.75. The van der Waals surface area contributed by atoms with E-state index in [4.69, 9.17) is 5.73 Å². The Balaban J connectivity index is 2.69. The van der Waals surface area contributed by atoms with E-state index in [0.29, 0.717) is 0 Å². The van der Waals surface area contributed by atoms with Crippen LogP contribution in [0, 0.1) is 41.5 Å². The van der Waals surface area contributed by atoms with E-state index in [9.17, 15) is 0 Å². The Kier molecular flexibility index (Phi) is 4.60. The molecular formula is C19H24BrN. The van der Waals surface area contributed by atoms with Crippen molar-refractivity contribution in [1.82, 2.24) is 0 Å². The second kappa shape index (κ2) is 5.94. The van der Waals surface area contributed by atoms with Crippen LogP contribution in [0.4, 0.5) is 0 Å². The van der Waals surface area contributed by atoms with Crippen molar-refractivity contribution in [3.63, 3.8) is 0 Å². The molecule has 112 valence electrons. The van der Waals surface area contributed by atoms with Gasteiger partial charge in [-0.15, -0.1) is 0 Å². The molecule has 0 fully saturated rings. The van der Waals surface area contributed by atoms with Crippen molar-refractivity contribution in [2.45, 2.75) is 47.6 Å². The smallest absolute Gasteiger partial charge is 0.0568 e. The minimum Gasteiger partial charge on any atom is -0.320 e. The molecule has 0 saturated carbocycles. The van der Waals surface area contributed by atoms with Crippen LogP contribution in [-0.2, 0) is 0 Å². The lowest BCUT2D eigenvalue weighted by atomic mass is 9.84. The Morgan fingerprint density at radius 1 is 0.810 bits per heavy atom. The predicted molar refractivity (Wildman–Crippen MR) is 95.0 cm³/mol. The van der Waals surface area contributed by atoms with Crippen molar-refractivity contribution in [2.24, 2.45) is 5.73 Å². The van der Waals surface area contributed by atoms with Gasteiger partial charge in [-0.2, -0.15) is 0 Å². The minimum atomic E-state index is -0.0997. The summed E-state index contributed by atoms with van der Waals surface area (Å²) in [6, 6.07) is 6.27. The summed E-state index contributed by atoms with van der Waals surface area (Å²) in [6.07, 6.45) is 0. The number of hydrogen-bond acceptors (Lipinski definition) is 1. The zero-order chi connectivity index (χ0) is 15.9. The van der Waals surface area contributed by atoms with Crippen LogP contribution in [0.2, 0.25) is 0 Å². The molecule has 0 aliphatic carbocycles. The third-order valence-electron chi connectivity index (χ3n) is 4.86. The van der Waals surface area contributed by atoms with Crippen LogP contribution in [0.1, 0.15) is 50.5 Å². The Bertz CT molecular complexity index is 672. The van der Waals surface area contributed by atoms with Gasteiger partial charge in [0.2, 0.25) is 0 Å². The average Bonchev–Trinajstić information content (AvgIpc) is 2.45. The number of benzene rings is 2. The highest BCUT2D eigenvalue weighted by Crippen LogP contribution is 2.35. The van der Waals surface area contributed by atoms with Crippen LogP contribution in [0.5, 0.6) is 0 Å². The van der Waals surface area contributed by atoms with Gasteiger partial charge in [0.05, 0.1) is 6.04 Å². The lowest BCUT2D eigenvalue weighted by Crippen LogP contribution is -2.17. The highest BCUT2D eigenvalue weighted by Gasteiger charge is 2.20. The summed E-state index contributed by atoms with van der Waals surface area (Å²) in [4.78, 5) is 0. The SMILES string of the molecule is Cc1ccc(Br)c(C(N)c2c(C)c(C)c(C)c(C)c2C)c1. The molecule has 0 aliphatic rings. The molecule has 0 spiro atoms. The molecule has 0 saturated heterocycles. The van der Waals surface area contributed by atoms with Crippen molar-refractivity contribution < 1.29 is 0 Å². The summed E-state index contributed by atoms with van der Waals surface area (Å²) in [7, 11) is 0. The molecule has 0 amide bonds. The summed E-state index contributed by atoms with van der Waals surface area (Å²) in [6.45, 7) is 13.1. The van der Waals surface area contributed by atoms with E-state index in [1.54, 1.807) is 0 Å². The van der Waals surface area contributed by atoms with Gasteiger partial charge in [0, 0.05) is 4.47 Å². The largest absolute Gasteiger partial charge is 0.320 e. The number of nitrogens with two attached hydrogens (primary N) is 1. The van der Waals surface area contributed by atoms with Crippen LogP contribution in [0.25, 0.3) is 0 Å². The predicted octanol–water partition coefficient (Wildman–Crippen LogP) is 5.35. The lowest BCUT2D eigenvalue weighted by Gasteiger charge is -2.24. The molecule has 0 aliphatic heterocycles. The first kappa shape index (κ1) is 16.3. The van der Waals surface area contributed by atoms with Gasteiger partial charge in [0.15, 0.2) is 0 Å². The number of rotatable bonds is 2. The molecule has 2 rings (SSSR count). The molecule has 0 bridgehead atoms. The summed E-state index contributed by atoms with van der Waals surface area (Å²) in [5.41, 5.74) is 17.0. The molecular weight excluding hydrogens is 322 g/mol. The molecule has 21 heavy (non-hydrogen) atoms. The van der Waals surface area contributed by atoms with Crippen molar-refractivity contribution in [3.05, 3.63) is 67.2 Å². The van der Waals surface area contributed by atoms with Crippen LogP contribution in [0.3, 0.4) is 0 Å². The molecule has 2 heteroatoms. The quantitative estimate of drug-likeness (QED) is 0.780. The molecule has 2 aromatic carbocycles. The Hall–Kier alpha value is -1.12. The van der Waals surface area contributed by atoms with Gasteiger partial charge in [0.25, 0.3) is 0 Å². The van der Waals surface area contributed by atoms with E-state index in [1.807, 2.05) is 0 Å². The topological polar surface area (TPSA) is 26.0 Å². The number of aryl methyl sites for hydroxylation is 1. The molecule has 1 unspecified atom stereocenters. The van der Waals surface area contributed by atoms with Gasteiger partial charge in [-0.25, -0.2) is 0 Å². The highest BCUT2D eigenvalue weighted by atomic mass is 79.9. The summed E-state index contributed by atoms with van der Waals surface area (Å²) < 4.78 is 1.08. The second-order valence-electron chi connectivity index (χ2n) is 6.04. The molecule has 1 nitrogen and oxygen atoms in total. The van der Waals surface area contributed by atoms with Gasteiger partial charge < -0.3 is 5.73 Å². The van der Waals surface area contributed by atoms with Crippen molar-refractivity contribution in [3.8, 4) is 0 Å². The molecule has 2 aromatic rings. The third kappa shape index (κ3) is 2.79. The average molecular weight is 346 g/mol. The first-order valence-electron chi connectivity index (χ1n) is 7.34. The number of halogens is 1. The molecule has 0 aromatic heterocycles. The maximum absolute atomic E-state index is 6.65. The number of hydrogen-bond donors (Lipinski definition) is 1. The fourth-order valence-corrected chi connectivity index (χ4v) is 3.55. The van der Waals surface area contributed by atoms with E-state index in [0.717, 1.165) is 10.0 Å². The molecule has 0 radical (unpaired) electrons. The van der Waals surface area contributed by atoms with Crippen molar-refractivity contribution in [2.75, 3.05) is 0 Å². The van der Waals surface area contributed by atoms with Gasteiger partial charge >= 0.3 is 0 Å². The lowest BCUT2D eigenvalue weighted by molar-refractivity contribution is 0.837.